The smallest absolute Gasteiger partial charge is 0.268 e. The molecule has 0 radical (unpaired) electrons. The zero-order chi connectivity index (χ0) is 11.3. The predicted octanol–water partition coefficient (Wildman–Crippen LogP) is 2.96. The molecular formula is C10H8Cl2N2O. The number of hydrogen-bond acceptors (Lipinski definition) is 2. The van der Waals surface area contributed by atoms with Crippen LogP contribution in [0.1, 0.15) is 0 Å². The van der Waals surface area contributed by atoms with Gasteiger partial charge in [0.05, 0.1) is 5.03 Å². The minimum atomic E-state index is -0.531. The Bertz CT molecular complexity index is 401. The molecule has 3 nitrogen and oxygen atoms in total. The second-order valence-electron chi connectivity index (χ2n) is 2.63. The minimum absolute atomic E-state index is 0.0925. The van der Waals surface area contributed by atoms with Crippen LogP contribution in [0.25, 0.3) is 0 Å². The Morgan fingerprint density at radius 2 is 1.87 bits per heavy atom. The van der Waals surface area contributed by atoms with Crippen molar-refractivity contribution < 1.29 is 4.79 Å². The summed E-state index contributed by atoms with van der Waals surface area (Å²) >= 11 is 11.1. The fourth-order valence-corrected chi connectivity index (χ4v) is 1.07. The molecular weight excluding hydrogens is 235 g/mol. The summed E-state index contributed by atoms with van der Waals surface area (Å²) in [5.41, 5.74) is 0.620. The third-order valence-electron chi connectivity index (χ3n) is 1.57. The molecule has 1 amide bonds. The summed E-state index contributed by atoms with van der Waals surface area (Å²) < 4.78 is 0. The van der Waals surface area contributed by atoms with Crippen molar-refractivity contribution in [2.75, 3.05) is 5.32 Å². The number of benzene rings is 1. The lowest BCUT2D eigenvalue weighted by molar-refractivity contribution is -0.112. The van der Waals surface area contributed by atoms with Crippen LogP contribution in [-0.4, -0.2) is 12.1 Å². The molecule has 0 aliphatic heterocycles. The predicted molar refractivity (Wildman–Crippen MR) is 62.6 cm³/mol. The summed E-state index contributed by atoms with van der Waals surface area (Å²) in [5.74, 6) is -0.531. The van der Waals surface area contributed by atoms with E-state index in [2.05, 4.69) is 5.32 Å². The number of nitrogens with one attached hydrogen (secondary N) is 2. The number of carbonyl (C=O) groups is 1. The second kappa shape index (κ2) is 5.53. The summed E-state index contributed by atoms with van der Waals surface area (Å²) in [6.07, 6.45) is 0.814. The summed E-state index contributed by atoms with van der Waals surface area (Å²) in [5, 5.41) is 9.08. The van der Waals surface area contributed by atoms with E-state index < -0.39 is 5.91 Å². The van der Waals surface area contributed by atoms with Gasteiger partial charge in [0.15, 0.2) is 0 Å². The second-order valence-corrected chi connectivity index (χ2v) is 3.41. The van der Waals surface area contributed by atoms with Gasteiger partial charge in [0.1, 0.15) is 5.03 Å². The highest BCUT2D eigenvalue weighted by atomic mass is 35.5. The number of allylic oxidation sites excluding steroid dienone is 1. The fraction of sp³-hybridized carbons (Fsp3) is 0. The van der Waals surface area contributed by atoms with Gasteiger partial charge in [-0.1, -0.05) is 41.4 Å². The van der Waals surface area contributed by atoms with Crippen molar-refractivity contribution in [2.24, 2.45) is 0 Å². The van der Waals surface area contributed by atoms with Crippen molar-refractivity contribution in [3.8, 4) is 0 Å². The van der Waals surface area contributed by atoms with Crippen LogP contribution in [0.3, 0.4) is 0 Å². The monoisotopic (exact) mass is 242 g/mol. The van der Waals surface area contributed by atoms with E-state index in [4.69, 9.17) is 28.6 Å². The largest absolute Gasteiger partial charge is 0.321 e. The maximum Gasteiger partial charge on any atom is 0.268 e. The first-order chi connectivity index (χ1) is 7.15. The number of halogens is 2. The number of hydrogen-bond donors (Lipinski definition) is 2. The van der Waals surface area contributed by atoms with Gasteiger partial charge in [-0.15, -0.1) is 0 Å². The highest BCUT2D eigenvalue weighted by Gasteiger charge is 2.10. The number of amides is 1. The van der Waals surface area contributed by atoms with Crippen LogP contribution >= 0.6 is 23.2 Å². The molecule has 0 heterocycles. The van der Waals surface area contributed by atoms with E-state index in [1.807, 2.05) is 6.07 Å². The average molecular weight is 243 g/mol. The molecule has 0 saturated heterocycles. The summed E-state index contributed by atoms with van der Waals surface area (Å²) in [6.45, 7) is 0. The van der Waals surface area contributed by atoms with E-state index in [1.54, 1.807) is 24.3 Å². The van der Waals surface area contributed by atoms with Crippen molar-refractivity contribution in [1.29, 1.82) is 5.41 Å². The van der Waals surface area contributed by atoms with E-state index in [1.165, 1.54) is 0 Å². The molecule has 0 unspecified atom stereocenters. The molecule has 0 atom stereocenters. The lowest BCUT2D eigenvalue weighted by Crippen LogP contribution is -2.12. The Kier molecular flexibility index (Phi) is 4.34. The van der Waals surface area contributed by atoms with E-state index in [0.29, 0.717) is 5.69 Å². The van der Waals surface area contributed by atoms with Crippen molar-refractivity contribution >= 4 is 41.0 Å². The molecule has 0 aliphatic rings. The zero-order valence-electron chi connectivity index (χ0n) is 7.63. The van der Waals surface area contributed by atoms with Crippen LogP contribution in [0, 0.1) is 5.41 Å². The molecule has 1 aromatic rings. The average Bonchev–Trinajstić information content (AvgIpc) is 2.28. The van der Waals surface area contributed by atoms with Gasteiger partial charge in [-0.05, 0) is 12.1 Å². The number of anilines is 1. The van der Waals surface area contributed by atoms with Crippen LogP contribution < -0.4 is 5.32 Å². The highest BCUT2D eigenvalue weighted by Crippen LogP contribution is 2.14. The van der Waals surface area contributed by atoms with Crippen molar-refractivity contribution in [3.05, 3.63) is 40.4 Å². The van der Waals surface area contributed by atoms with Gasteiger partial charge < -0.3 is 10.7 Å². The molecule has 15 heavy (non-hydrogen) atoms. The highest BCUT2D eigenvalue weighted by molar-refractivity contribution is 6.53. The SMILES string of the molecule is N=C/C(Cl)=C(/Cl)C(=O)Nc1ccccc1. The van der Waals surface area contributed by atoms with E-state index in [9.17, 15) is 4.79 Å². The number of carbonyl (C=O) groups excluding carboxylic acids is 1. The molecule has 78 valence electrons. The first-order valence-corrected chi connectivity index (χ1v) is 4.83. The summed E-state index contributed by atoms with van der Waals surface area (Å²) in [6, 6.07) is 8.84. The molecule has 1 rings (SSSR count). The maximum absolute atomic E-state index is 11.4. The van der Waals surface area contributed by atoms with Gasteiger partial charge in [0, 0.05) is 11.9 Å². The third kappa shape index (κ3) is 3.38. The van der Waals surface area contributed by atoms with Crippen LogP contribution in [-0.2, 0) is 4.79 Å². The van der Waals surface area contributed by atoms with Crippen molar-refractivity contribution in [2.45, 2.75) is 0 Å². The molecule has 0 aromatic heterocycles. The van der Waals surface area contributed by atoms with Gasteiger partial charge in [0.2, 0.25) is 0 Å². The normalized spacial score (nSPS) is 11.6. The lowest BCUT2D eigenvalue weighted by Gasteiger charge is -2.03. The minimum Gasteiger partial charge on any atom is -0.321 e. The van der Waals surface area contributed by atoms with Gasteiger partial charge >= 0.3 is 0 Å². The number of para-hydroxylation sites is 1. The Balaban J connectivity index is 2.77. The van der Waals surface area contributed by atoms with E-state index >= 15 is 0 Å². The summed E-state index contributed by atoms with van der Waals surface area (Å²) in [4.78, 5) is 11.4. The Hall–Kier alpha value is -1.32. The van der Waals surface area contributed by atoms with Crippen LogP contribution in [0.4, 0.5) is 5.69 Å². The molecule has 0 saturated carbocycles. The van der Waals surface area contributed by atoms with Crippen LogP contribution in [0.2, 0.25) is 0 Å². The Morgan fingerprint density at radius 3 is 2.40 bits per heavy atom. The Labute approximate surface area is 97.2 Å². The van der Waals surface area contributed by atoms with Crippen molar-refractivity contribution in [1.82, 2.24) is 0 Å². The zero-order valence-corrected chi connectivity index (χ0v) is 9.14. The standard InChI is InChI=1S/C10H8Cl2N2O/c11-8(6-13)9(12)10(15)14-7-4-2-1-3-5-7/h1-6,13H,(H,14,15)/b9-8-,13-6?. The van der Waals surface area contributed by atoms with Gasteiger partial charge in [0.25, 0.3) is 5.91 Å². The topological polar surface area (TPSA) is 53.0 Å². The fourth-order valence-electron chi connectivity index (χ4n) is 0.879. The van der Waals surface area contributed by atoms with Gasteiger partial charge in [-0.3, -0.25) is 4.79 Å². The van der Waals surface area contributed by atoms with Crippen LogP contribution in [0.5, 0.6) is 0 Å². The molecule has 0 spiro atoms. The van der Waals surface area contributed by atoms with E-state index in [-0.39, 0.29) is 10.1 Å². The maximum atomic E-state index is 11.4. The molecule has 5 heteroatoms. The lowest BCUT2D eigenvalue weighted by atomic mass is 10.3. The third-order valence-corrected chi connectivity index (χ3v) is 2.34. The van der Waals surface area contributed by atoms with Gasteiger partial charge in [-0.25, -0.2) is 0 Å². The quantitative estimate of drug-likeness (QED) is 0.622. The molecule has 1 aromatic carbocycles. The first kappa shape index (κ1) is 11.8. The number of rotatable bonds is 3. The van der Waals surface area contributed by atoms with Crippen molar-refractivity contribution in [3.63, 3.8) is 0 Å². The van der Waals surface area contributed by atoms with E-state index in [0.717, 1.165) is 6.21 Å². The summed E-state index contributed by atoms with van der Waals surface area (Å²) in [7, 11) is 0. The molecule has 0 aliphatic carbocycles. The van der Waals surface area contributed by atoms with Crippen LogP contribution in [0.15, 0.2) is 40.4 Å². The molecule has 2 N–H and O–H groups in total. The van der Waals surface area contributed by atoms with Gasteiger partial charge in [-0.2, -0.15) is 0 Å². The molecule has 0 bridgehead atoms. The Morgan fingerprint density at radius 1 is 1.27 bits per heavy atom. The first-order valence-electron chi connectivity index (χ1n) is 4.07. The molecule has 0 fully saturated rings.